The molecule has 0 radical (unpaired) electrons. The van der Waals surface area contributed by atoms with Crippen molar-refractivity contribution in [3.63, 3.8) is 0 Å². The molecule has 92 valence electrons. The van der Waals surface area contributed by atoms with Crippen molar-refractivity contribution >= 4 is 18.5 Å². The Morgan fingerprint density at radius 1 is 1.47 bits per heavy atom. The number of carbonyl (C=O) groups is 1. The third-order valence-electron chi connectivity index (χ3n) is 1.73. The number of ether oxygens (including phenoxy) is 1. The van der Waals surface area contributed by atoms with E-state index in [1.807, 2.05) is 27.7 Å². The monoisotopic (exact) mass is 238 g/mol. The zero-order valence-corrected chi connectivity index (χ0v) is 10.8. The Morgan fingerprint density at radius 2 is 2.00 bits per heavy atom. The molecule has 0 aliphatic heterocycles. The number of carbonyl (C=O) groups excluding carboxylic acids is 1. The van der Waals surface area contributed by atoms with Gasteiger partial charge in [0.1, 0.15) is 5.60 Å². The number of halogens is 1. The summed E-state index contributed by atoms with van der Waals surface area (Å²) >= 11 is 0. The third-order valence-corrected chi connectivity index (χ3v) is 1.73. The number of hydrogen-bond acceptors (Lipinski definition) is 3. The standard InChI is InChI=1S/C10H22N2O2.ClH/c1-5-8(6-7-11)12-9(13)14-10(2,3)4;/h8H,5-7,11H2,1-4H3,(H,12,13);1H. The summed E-state index contributed by atoms with van der Waals surface area (Å²) < 4.78 is 5.13. The first kappa shape index (κ1) is 16.9. The van der Waals surface area contributed by atoms with Crippen molar-refractivity contribution in [2.75, 3.05) is 6.54 Å². The van der Waals surface area contributed by atoms with Crippen LogP contribution in [0.15, 0.2) is 0 Å². The zero-order valence-electron chi connectivity index (χ0n) is 10.0. The van der Waals surface area contributed by atoms with Gasteiger partial charge < -0.3 is 15.8 Å². The van der Waals surface area contributed by atoms with Gasteiger partial charge >= 0.3 is 6.09 Å². The molecule has 0 aromatic rings. The first-order chi connectivity index (χ1) is 6.39. The second-order valence-electron chi connectivity index (χ2n) is 4.33. The quantitative estimate of drug-likeness (QED) is 0.788. The van der Waals surface area contributed by atoms with Gasteiger partial charge in [-0.15, -0.1) is 12.4 Å². The van der Waals surface area contributed by atoms with Crippen molar-refractivity contribution in [3.05, 3.63) is 0 Å². The van der Waals surface area contributed by atoms with Gasteiger partial charge in [-0.3, -0.25) is 0 Å². The van der Waals surface area contributed by atoms with Crippen molar-refractivity contribution < 1.29 is 9.53 Å². The second-order valence-corrected chi connectivity index (χ2v) is 4.33. The number of nitrogens with one attached hydrogen (secondary N) is 1. The lowest BCUT2D eigenvalue weighted by atomic mass is 10.1. The predicted octanol–water partition coefficient (Wildman–Crippen LogP) is 2.06. The zero-order chi connectivity index (χ0) is 11.2. The van der Waals surface area contributed by atoms with Crippen LogP contribution in [0.25, 0.3) is 0 Å². The minimum absolute atomic E-state index is 0. The van der Waals surface area contributed by atoms with E-state index < -0.39 is 5.60 Å². The number of alkyl carbamates (subject to hydrolysis) is 1. The Bertz CT molecular complexity index is 181. The van der Waals surface area contributed by atoms with Gasteiger partial charge in [0.25, 0.3) is 0 Å². The summed E-state index contributed by atoms with van der Waals surface area (Å²) in [5.41, 5.74) is 4.98. The minimum atomic E-state index is -0.439. The summed E-state index contributed by atoms with van der Waals surface area (Å²) in [5, 5.41) is 2.78. The second kappa shape index (κ2) is 7.77. The van der Waals surface area contributed by atoms with E-state index in [-0.39, 0.29) is 24.5 Å². The minimum Gasteiger partial charge on any atom is -0.444 e. The summed E-state index contributed by atoms with van der Waals surface area (Å²) in [6.45, 7) is 8.12. The molecule has 0 bridgehead atoms. The Balaban J connectivity index is 0. The van der Waals surface area contributed by atoms with Gasteiger partial charge in [0.15, 0.2) is 0 Å². The van der Waals surface area contributed by atoms with Crippen molar-refractivity contribution in [3.8, 4) is 0 Å². The Kier molecular flexibility index (Phi) is 8.77. The van der Waals surface area contributed by atoms with Crippen LogP contribution < -0.4 is 11.1 Å². The number of hydrogen-bond donors (Lipinski definition) is 2. The number of rotatable bonds is 4. The van der Waals surface area contributed by atoms with Gasteiger partial charge in [-0.1, -0.05) is 6.92 Å². The van der Waals surface area contributed by atoms with E-state index >= 15 is 0 Å². The molecule has 0 aliphatic carbocycles. The normalized spacial score (nSPS) is 12.6. The van der Waals surface area contributed by atoms with Gasteiger partial charge in [0, 0.05) is 6.04 Å². The average molecular weight is 239 g/mol. The van der Waals surface area contributed by atoms with E-state index in [1.165, 1.54) is 0 Å². The molecule has 0 heterocycles. The molecule has 1 atom stereocenters. The van der Waals surface area contributed by atoms with Gasteiger partial charge in [-0.2, -0.15) is 0 Å². The number of amides is 1. The van der Waals surface area contributed by atoms with Crippen LogP contribution in [0.4, 0.5) is 4.79 Å². The molecule has 0 fully saturated rings. The van der Waals surface area contributed by atoms with E-state index in [2.05, 4.69) is 5.32 Å². The van der Waals surface area contributed by atoms with Gasteiger partial charge in [-0.25, -0.2) is 4.79 Å². The van der Waals surface area contributed by atoms with Crippen LogP contribution in [-0.2, 0) is 4.74 Å². The van der Waals surface area contributed by atoms with Crippen molar-refractivity contribution in [2.24, 2.45) is 5.73 Å². The van der Waals surface area contributed by atoms with Gasteiger partial charge in [-0.05, 0) is 40.2 Å². The van der Waals surface area contributed by atoms with Gasteiger partial charge in [0.2, 0.25) is 0 Å². The fourth-order valence-corrected chi connectivity index (χ4v) is 1.05. The lowest BCUT2D eigenvalue weighted by Crippen LogP contribution is -2.39. The lowest BCUT2D eigenvalue weighted by molar-refractivity contribution is 0.0501. The smallest absolute Gasteiger partial charge is 0.407 e. The molecule has 4 nitrogen and oxygen atoms in total. The Labute approximate surface area is 98.3 Å². The average Bonchev–Trinajstić information content (AvgIpc) is 2.00. The Hall–Kier alpha value is -0.480. The molecular weight excluding hydrogens is 216 g/mol. The lowest BCUT2D eigenvalue weighted by Gasteiger charge is -2.22. The molecule has 1 amide bonds. The molecular formula is C10H23ClN2O2. The molecule has 0 saturated heterocycles. The first-order valence-electron chi connectivity index (χ1n) is 5.08. The maximum absolute atomic E-state index is 11.3. The van der Waals surface area contributed by atoms with Crippen molar-refractivity contribution in [1.82, 2.24) is 5.32 Å². The largest absolute Gasteiger partial charge is 0.444 e. The van der Waals surface area contributed by atoms with E-state index in [0.717, 1.165) is 12.8 Å². The molecule has 0 aromatic heterocycles. The predicted molar refractivity (Wildman–Crippen MR) is 64.4 cm³/mol. The summed E-state index contributed by atoms with van der Waals surface area (Å²) in [6.07, 6.45) is 1.30. The maximum atomic E-state index is 11.3. The van der Waals surface area contributed by atoms with Crippen molar-refractivity contribution in [2.45, 2.75) is 52.2 Å². The van der Waals surface area contributed by atoms with Crippen LogP contribution in [0, 0.1) is 0 Å². The molecule has 1 unspecified atom stereocenters. The number of nitrogens with two attached hydrogens (primary N) is 1. The van der Waals surface area contributed by atoms with E-state index in [4.69, 9.17) is 10.5 Å². The van der Waals surface area contributed by atoms with Crippen LogP contribution >= 0.6 is 12.4 Å². The van der Waals surface area contributed by atoms with Crippen LogP contribution in [0.1, 0.15) is 40.5 Å². The maximum Gasteiger partial charge on any atom is 0.407 e. The fraction of sp³-hybridized carbons (Fsp3) is 0.900. The van der Waals surface area contributed by atoms with E-state index in [1.54, 1.807) is 0 Å². The Morgan fingerprint density at radius 3 is 2.33 bits per heavy atom. The van der Waals surface area contributed by atoms with Gasteiger partial charge in [0.05, 0.1) is 0 Å². The summed E-state index contributed by atoms with van der Waals surface area (Å²) in [5.74, 6) is 0. The highest BCUT2D eigenvalue weighted by Gasteiger charge is 2.18. The molecule has 5 heteroatoms. The molecule has 0 saturated carbocycles. The molecule has 0 spiro atoms. The summed E-state index contributed by atoms with van der Waals surface area (Å²) in [6, 6.07) is 0.120. The van der Waals surface area contributed by atoms with Crippen LogP contribution in [-0.4, -0.2) is 24.3 Å². The molecule has 15 heavy (non-hydrogen) atoms. The molecule has 3 N–H and O–H groups in total. The molecule has 0 aromatic carbocycles. The van der Waals surface area contributed by atoms with E-state index in [9.17, 15) is 4.79 Å². The first-order valence-corrected chi connectivity index (χ1v) is 5.08. The third kappa shape index (κ3) is 9.82. The molecule has 0 rings (SSSR count). The highest BCUT2D eigenvalue weighted by molar-refractivity contribution is 5.85. The SMILES string of the molecule is CCC(CCN)NC(=O)OC(C)(C)C.Cl. The topological polar surface area (TPSA) is 64.3 Å². The fourth-order valence-electron chi connectivity index (χ4n) is 1.05. The highest BCUT2D eigenvalue weighted by atomic mass is 35.5. The van der Waals surface area contributed by atoms with Crippen LogP contribution in [0.2, 0.25) is 0 Å². The van der Waals surface area contributed by atoms with Crippen LogP contribution in [0.5, 0.6) is 0 Å². The summed E-state index contributed by atoms with van der Waals surface area (Å²) in [4.78, 5) is 11.3. The highest BCUT2D eigenvalue weighted by Crippen LogP contribution is 2.07. The van der Waals surface area contributed by atoms with E-state index in [0.29, 0.717) is 6.54 Å². The van der Waals surface area contributed by atoms with Crippen molar-refractivity contribution in [1.29, 1.82) is 0 Å². The molecule has 0 aliphatic rings. The summed E-state index contributed by atoms with van der Waals surface area (Å²) in [7, 11) is 0. The van der Waals surface area contributed by atoms with Crippen LogP contribution in [0.3, 0.4) is 0 Å².